The third-order valence-corrected chi connectivity index (χ3v) is 4.44. The Morgan fingerprint density at radius 2 is 2.00 bits per heavy atom. The van der Waals surface area contributed by atoms with Crippen LogP contribution < -0.4 is 10.5 Å². The van der Waals surface area contributed by atoms with Crippen molar-refractivity contribution in [3.63, 3.8) is 0 Å². The number of nitrogens with zero attached hydrogens (tertiary/aromatic N) is 2. The smallest absolute Gasteiger partial charge is 0.264 e. The van der Waals surface area contributed by atoms with Crippen molar-refractivity contribution in [2.45, 2.75) is 31.8 Å². The largest absolute Gasteiger partial charge is 0.481 e. The lowest BCUT2D eigenvalue weighted by molar-refractivity contribution is 0.240. The Morgan fingerprint density at radius 3 is 2.62 bits per heavy atom. The van der Waals surface area contributed by atoms with E-state index in [0.717, 1.165) is 45.3 Å². The molecule has 2 aromatic rings. The van der Waals surface area contributed by atoms with E-state index in [9.17, 15) is 0 Å². The van der Waals surface area contributed by atoms with Gasteiger partial charge in [-0.25, -0.2) is 0 Å². The van der Waals surface area contributed by atoms with Crippen LogP contribution in [0.4, 0.5) is 0 Å². The molecule has 0 unspecified atom stereocenters. The van der Waals surface area contributed by atoms with Crippen molar-refractivity contribution in [1.82, 2.24) is 10.1 Å². The SMILES string of the molecule is NCCc1cc(Br)c(OCc2nc(C3CC3)no2)c(Br)c1. The molecule has 1 aromatic heterocycles. The van der Waals surface area contributed by atoms with Crippen LogP contribution in [-0.4, -0.2) is 16.7 Å². The molecule has 0 radical (unpaired) electrons. The summed E-state index contributed by atoms with van der Waals surface area (Å²) in [4.78, 5) is 4.34. The summed E-state index contributed by atoms with van der Waals surface area (Å²) < 4.78 is 12.7. The van der Waals surface area contributed by atoms with Gasteiger partial charge in [-0.3, -0.25) is 0 Å². The molecule has 1 aromatic carbocycles. The van der Waals surface area contributed by atoms with Crippen molar-refractivity contribution in [2.24, 2.45) is 5.73 Å². The minimum absolute atomic E-state index is 0.257. The van der Waals surface area contributed by atoms with Gasteiger partial charge in [0.15, 0.2) is 12.4 Å². The Balaban J connectivity index is 1.68. The van der Waals surface area contributed by atoms with E-state index in [1.54, 1.807) is 0 Å². The number of hydrogen-bond acceptors (Lipinski definition) is 5. The molecule has 112 valence electrons. The minimum Gasteiger partial charge on any atom is -0.481 e. The molecule has 1 saturated carbocycles. The van der Waals surface area contributed by atoms with Gasteiger partial charge >= 0.3 is 0 Å². The Morgan fingerprint density at radius 1 is 1.29 bits per heavy atom. The predicted molar refractivity (Wildman–Crippen MR) is 85.2 cm³/mol. The van der Waals surface area contributed by atoms with Crippen LogP contribution in [0.5, 0.6) is 5.75 Å². The van der Waals surface area contributed by atoms with Gasteiger partial charge in [0.05, 0.1) is 8.95 Å². The van der Waals surface area contributed by atoms with E-state index in [1.807, 2.05) is 12.1 Å². The van der Waals surface area contributed by atoms with E-state index in [1.165, 1.54) is 0 Å². The molecule has 5 nitrogen and oxygen atoms in total. The zero-order valence-electron chi connectivity index (χ0n) is 11.3. The lowest BCUT2D eigenvalue weighted by atomic mass is 10.1. The highest BCUT2D eigenvalue weighted by molar-refractivity contribution is 9.11. The molecule has 0 bridgehead atoms. The molecule has 1 aliphatic carbocycles. The first-order valence-electron chi connectivity index (χ1n) is 6.80. The molecular weight excluding hydrogens is 402 g/mol. The van der Waals surface area contributed by atoms with Crippen molar-refractivity contribution in [3.8, 4) is 5.75 Å². The first-order valence-corrected chi connectivity index (χ1v) is 8.39. The molecule has 0 amide bonds. The second-order valence-corrected chi connectivity index (χ2v) is 6.75. The van der Waals surface area contributed by atoms with Gasteiger partial charge in [-0.1, -0.05) is 5.16 Å². The van der Waals surface area contributed by atoms with Gasteiger partial charge < -0.3 is 15.0 Å². The van der Waals surface area contributed by atoms with Crippen LogP contribution in [0.2, 0.25) is 0 Å². The molecule has 1 aliphatic rings. The van der Waals surface area contributed by atoms with E-state index >= 15 is 0 Å². The molecule has 7 heteroatoms. The number of benzene rings is 1. The van der Waals surface area contributed by atoms with Crippen molar-refractivity contribution >= 4 is 31.9 Å². The van der Waals surface area contributed by atoms with Gasteiger partial charge in [0.1, 0.15) is 5.75 Å². The summed E-state index contributed by atoms with van der Waals surface area (Å²) in [6, 6.07) is 4.02. The molecule has 0 aliphatic heterocycles. The van der Waals surface area contributed by atoms with Crippen LogP contribution in [0.3, 0.4) is 0 Å². The first kappa shape index (κ1) is 15.0. The van der Waals surface area contributed by atoms with E-state index in [0.29, 0.717) is 18.4 Å². The Kier molecular flexibility index (Phi) is 4.61. The van der Waals surface area contributed by atoms with Gasteiger partial charge in [-0.2, -0.15) is 4.98 Å². The molecule has 2 N–H and O–H groups in total. The van der Waals surface area contributed by atoms with Gasteiger partial charge in [-0.05, 0) is 75.4 Å². The van der Waals surface area contributed by atoms with Gasteiger partial charge in [0, 0.05) is 5.92 Å². The van der Waals surface area contributed by atoms with Gasteiger partial charge in [0.2, 0.25) is 0 Å². The van der Waals surface area contributed by atoms with Crippen LogP contribution in [0, 0.1) is 0 Å². The second-order valence-electron chi connectivity index (χ2n) is 5.04. The summed E-state index contributed by atoms with van der Waals surface area (Å²) in [5.41, 5.74) is 6.73. The van der Waals surface area contributed by atoms with Crippen LogP contribution in [0.25, 0.3) is 0 Å². The molecule has 21 heavy (non-hydrogen) atoms. The quantitative estimate of drug-likeness (QED) is 0.779. The number of halogens is 2. The van der Waals surface area contributed by atoms with Crippen LogP contribution in [0.1, 0.15) is 36.0 Å². The summed E-state index contributed by atoms with van der Waals surface area (Å²) in [6.07, 6.45) is 3.13. The highest BCUT2D eigenvalue weighted by Crippen LogP contribution is 2.38. The fourth-order valence-electron chi connectivity index (χ4n) is 2.03. The Bertz CT molecular complexity index is 618. The fourth-order valence-corrected chi connectivity index (χ4v) is 3.54. The zero-order chi connectivity index (χ0) is 14.8. The van der Waals surface area contributed by atoms with E-state index in [2.05, 4.69) is 42.0 Å². The number of nitrogens with two attached hydrogens (primary N) is 1. The van der Waals surface area contributed by atoms with Gasteiger partial charge in [0.25, 0.3) is 5.89 Å². The van der Waals surface area contributed by atoms with Crippen molar-refractivity contribution in [3.05, 3.63) is 38.4 Å². The number of ether oxygens (including phenoxy) is 1. The number of hydrogen-bond donors (Lipinski definition) is 1. The maximum Gasteiger partial charge on any atom is 0.264 e. The van der Waals surface area contributed by atoms with Crippen molar-refractivity contribution < 1.29 is 9.26 Å². The summed E-state index contributed by atoms with van der Waals surface area (Å²) >= 11 is 7.03. The zero-order valence-corrected chi connectivity index (χ0v) is 14.5. The third-order valence-electron chi connectivity index (χ3n) is 3.26. The summed E-state index contributed by atoms with van der Waals surface area (Å²) in [5, 5.41) is 3.97. The summed E-state index contributed by atoms with van der Waals surface area (Å²) in [6.45, 7) is 0.873. The maximum atomic E-state index is 5.78. The highest BCUT2D eigenvalue weighted by atomic mass is 79.9. The molecular formula is C14H15Br2N3O2. The van der Waals surface area contributed by atoms with Crippen LogP contribution in [-0.2, 0) is 13.0 Å². The van der Waals surface area contributed by atoms with Crippen LogP contribution in [0.15, 0.2) is 25.6 Å². The monoisotopic (exact) mass is 415 g/mol. The molecule has 0 saturated heterocycles. The molecule has 3 rings (SSSR count). The molecule has 0 spiro atoms. The number of rotatable bonds is 6. The molecule has 1 fully saturated rings. The Labute approximate surface area is 139 Å². The average Bonchev–Trinajstić information content (AvgIpc) is 3.18. The van der Waals surface area contributed by atoms with Crippen molar-refractivity contribution in [2.75, 3.05) is 6.54 Å². The lowest BCUT2D eigenvalue weighted by Gasteiger charge is -2.10. The Hall–Kier alpha value is -0.920. The van der Waals surface area contributed by atoms with E-state index in [-0.39, 0.29) is 6.61 Å². The third kappa shape index (κ3) is 3.64. The maximum absolute atomic E-state index is 5.78. The topological polar surface area (TPSA) is 74.2 Å². The summed E-state index contributed by atoms with van der Waals surface area (Å²) in [5.74, 6) is 2.50. The normalized spacial score (nSPS) is 14.4. The number of aromatic nitrogens is 2. The average molecular weight is 417 g/mol. The van der Waals surface area contributed by atoms with E-state index in [4.69, 9.17) is 15.0 Å². The lowest BCUT2D eigenvalue weighted by Crippen LogP contribution is -2.03. The second kappa shape index (κ2) is 6.46. The van der Waals surface area contributed by atoms with Gasteiger partial charge in [-0.15, -0.1) is 0 Å². The van der Waals surface area contributed by atoms with Crippen LogP contribution >= 0.6 is 31.9 Å². The van der Waals surface area contributed by atoms with Crippen molar-refractivity contribution in [1.29, 1.82) is 0 Å². The van der Waals surface area contributed by atoms with E-state index < -0.39 is 0 Å². The first-order chi connectivity index (χ1) is 10.2. The minimum atomic E-state index is 0.257. The molecule has 0 atom stereocenters. The standard InChI is InChI=1S/C14H15Br2N3O2/c15-10-5-8(3-4-17)6-11(16)13(10)20-7-12-18-14(19-21-12)9-1-2-9/h5-6,9H,1-4,7,17H2. The predicted octanol–water partition coefficient (Wildman–Crippen LogP) is 3.55. The summed E-state index contributed by atoms with van der Waals surface area (Å²) in [7, 11) is 0. The highest BCUT2D eigenvalue weighted by Gasteiger charge is 2.28. The fraction of sp³-hybridized carbons (Fsp3) is 0.429. The molecule has 1 heterocycles.